The van der Waals surface area contributed by atoms with Crippen LogP contribution in [0.5, 0.6) is 0 Å². The van der Waals surface area contributed by atoms with E-state index in [9.17, 15) is 13.2 Å². The molecule has 1 aromatic rings. The lowest BCUT2D eigenvalue weighted by atomic mass is 10.1. The van der Waals surface area contributed by atoms with Gasteiger partial charge in [0.05, 0.1) is 4.90 Å². The molecule has 0 aromatic heterocycles. The Morgan fingerprint density at radius 1 is 1.22 bits per heavy atom. The maximum Gasteiger partial charge on any atom is 0.243 e. The topological polar surface area (TPSA) is 66.5 Å². The number of nitrogens with one attached hydrogen (secondary N) is 1. The summed E-state index contributed by atoms with van der Waals surface area (Å²) in [4.78, 5) is 12.5. The van der Waals surface area contributed by atoms with E-state index in [1.54, 1.807) is 18.2 Å². The molecule has 0 heterocycles. The summed E-state index contributed by atoms with van der Waals surface area (Å²) >= 11 is 0. The molecule has 23 heavy (non-hydrogen) atoms. The Kier molecular flexibility index (Phi) is 5.81. The lowest BCUT2D eigenvalue weighted by Crippen LogP contribution is -2.30. The van der Waals surface area contributed by atoms with Crippen LogP contribution >= 0.6 is 0 Å². The molecule has 1 saturated carbocycles. The molecular weight excluding hydrogens is 312 g/mol. The zero-order chi connectivity index (χ0) is 17.0. The van der Waals surface area contributed by atoms with E-state index < -0.39 is 10.0 Å². The maximum atomic E-state index is 12.6. The second-order valence-corrected chi connectivity index (χ2v) is 7.97. The van der Waals surface area contributed by atoms with Gasteiger partial charge in [0.15, 0.2) is 0 Å². The van der Waals surface area contributed by atoms with Gasteiger partial charge >= 0.3 is 0 Å². The van der Waals surface area contributed by atoms with Crippen molar-refractivity contribution in [3.05, 3.63) is 23.8 Å². The van der Waals surface area contributed by atoms with Crippen LogP contribution in [0.4, 0.5) is 5.69 Å². The number of aryl methyl sites for hydroxylation is 1. The standard InChI is InChI=1S/C17H26N2O3S/c1-4-19(5-2)23(21,22)15-11-10-13(3)16(12-15)18-17(20)14-8-6-7-9-14/h10-12,14H,4-9H2,1-3H3,(H,18,20). The summed E-state index contributed by atoms with van der Waals surface area (Å²) in [5, 5.41) is 2.92. The molecule has 0 radical (unpaired) electrons. The Balaban J connectivity index is 2.26. The summed E-state index contributed by atoms with van der Waals surface area (Å²) in [5.74, 6) is 0.0560. The van der Waals surface area contributed by atoms with E-state index in [-0.39, 0.29) is 16.7 Å². The minimum absolute atomic E-state index is 0.00277. The van der Waals surface area contributed by atoms with Crippen molar-refractivity contribution in [1.82, 2.24) is 4.31 Å². The molecule has 0 aliphatic heterocycles. The van der Waals surface area contributed by atoms with E-state index in [0.29, 0.717) is 18.8 Å². The fraction of sp³-hybridized carbons (Fsp3) is 0.588. The first-order valence-electron chi connectivity index (χ1n) is 8.31. The summed E-state index contributed by atoms with van der Waals surface area (Å²) < 4.78 is 26.6. The molecule has 1 aromatic carbocycles. The number of hydrogen-bond donors (Lipinski definition) is 1. The Morgan fingerprint density at radius 3 is 2.39 bits per heavy atom. The highest BCUT2D eigenvalue weighted by Crippen LogP contribution is 2.28. The highest BCUT2D eigenvalue weighted by molar-refractivity contribution is 7.89. The number of hydrogen-bond acceptors (Lipinski definition) is 3. The molecule has 128 valence electrons. The van der Waals surface area contributed by atoms with Crippen LogP contribution < -0.4 is 5.32 Å². The lowest BCUT2D eigenvalue weighted by molar-refractivity contribution is -0.119. The first-order valence-corrected chi connectivity index (χ1v) is 9.75. The molecule has 1 amide bonds. The van der Waals surface area contributed by atoms with E-state index in [4.69, 9.17) is 0 Å². The monoisotopic (exact) mass is 338 g/mol. The number of benzene rings is 1. The van der Waals surface area contributed by atoms with Gasteiger partial charge in [-0.3, -0.25) is 4.79 Å². The fourth-order valence-corrected chi connectivity index (χ4v) is 4.52. The molecule has 0 saturated heterocycles. The molecule has 1 aliphatic rings. The van der Waals surface area contributed by atoms with Crippen molar-refractivity contribution >= 4 is 21.6 Å². The summed E-state index contributed by atoms with van der Waals surface area (Å²) in [6, 6.07) is 4.94. The molecule has 0 spiro atoms. The van der Waals surface area contributed by atoms with Crippen LogP contribution in [0.1, 0.15) is 45.1 Å². The zero-order valence-electron chi connectivity index (χ0n) is 14.1. The van der Waals surface area contributed by atoms with Crippen molar-refractivity contribution in [2.24, 2.45) is 5.92 Å². The van der Waals surface area contributed by atoms with E-state index in [1.807, 2.05) is 20.8 Å². The summed E-state index contributed by atoms with van der Waals surface area (Å²) in [6.07, 6.45) is 4.02. The van der Waals surface area contributed by atoms with Crippen molar-refractivity contribution in [3.63, 3.8) is 0 Å². The van der Waals surface area contributed by atoms with E-state index in [1.165, 1.54) is 4.31 Å². The van der Waals surface area contributed by atoms with Gasteiger partial charge in [-0.15, -0.1) is 0 Å². The Hall–Kier alpha value is -1.40. The van der Waals surface area contributed by atoms with Crippen molar-refractivity contribution < 1.29 is 13.2 Å². The first kappa shape index (κ1) is 17.9. The van der Waals surface area contributed by atoms with Crippen LogP contribution in [0.15, 0.2) is 23.1 Å². The molecule has 1 fully saturated rings. The fourth-order valence-electron chi connectivity index (χ4n) is 3.03. The van der Waals surface area contributed by atoms with Crippen LogP contribution in [0.25, 0.3) is 0 Å². The molecular formula is C17H26N2O3S. The molecule has 1 N–H and O–H groups in total. The summed E-state index contributed by atoms with van der Waals surface area (Å²) in [6.45, 7) is 6.36. The van der Waals surface area contributed by atoms with Gasteiger partial charge in [-0.25, -0.2) is 8.42 Å². The molecule has 2 rings (SSSR count). The third kappa shape index (κ3) is 3.93. The largest absolute Gasteiger partial charge is 0.326 e. The quantitative estimate of drug-likeness (QED) is 0.866. The van der Waals surface area contributed by atoms with E-state index in [0.717, 1.165) is 31.2 Å². The van der Waals surface area contributed by atoms with Crippen LogP contribution in [-0.2, 0) is 14.8 Å². The average molecular weight is 338 g/mol. The third-order valence-corrected chi connectivity index (χ3v) is 6.58. The Morgan fingerprint density at radius 2 is 1.83 bits per heavy atom. The predicted octanol–water partition coefficient (Wildman–Crippen LogP) is 3.15. The Bertz CT molecular complexity index is 660. The lowest BCUT2D eigenvalue weighted by Gasteiger charge is -2.20. The van der Waals surface area contributed by atoms with Gasteiger partial charge in [0.2, 0.25) is 15.9 Å². The molecule has 0 atom stereocenters. The van der Waals surface area contributed by atoms with Gasteiger partial charge in [0, 0.05) is 24.7 Å². The van der Waals surface area contributed by atoms with Crippen molar-refractivity contribution in [2.75, 3.05) is 18.4 Å². The van der Waals surface area contributed by atoms with Crippen LogP contribution in [0.2, 0.25) is 0 Å². The molecule has 5 nitrogen and oxygen atoms in total. The van der Waals surface area contributed by atoms with Gasteiger partial charge in [0.1, 0.15) is 0 Å². The van der Waals surface area contributed by atoms with Crippen molar-refractivity contribution in [1.29, 1.82) is 0 Å². The van der Waals surface area contributed by atoms with Crippen molar-refractivity contribution in [3.8, 4) is 0 Å². The zero-order valence-corrected chi connectivity index (χ0v) is 14.9. The Labute approximate surface area is 139 Å². The molecule has 0 bridgehead atoms. The second kappa shape index (κ2) is 7.45. The van der Waals surface area contributed by atoms with Gasteiger partial charge in [-0.05, 0) is 37.5 Å². The highest BCUT2D eigenvalue weighted by Gasteiger charge is 2.25. The number of anilines is 1. The predicted molar refractivity (Wildman–Crippen MR) is 91.9 cm³/mol. The number of carbonyl (C=O) groups is 1. The minimum atomic E-state index is -3.51. The normalized spacial score (nSPS) is 16.0. The maximum absolute atomic E-state index is 12.6. The van der Waals surface area contributed by atoms with Crippen molar-refractivity contribution in [2.45, 2.75) is 51.3 Å². The van der Waals surface area contributed by atoms with E-state index >= 15 is 0 Å². The average Bonchev–Trinajstić information content (AvgIpc) is 3.04. The van der Waals surface area contributed by atoms with Crippen LogP contribution in [-0.4, -0.2) is 31.7 Å². The highest BCUT2D eigenvalue weighted by atomic mass is 32.2. The third-order valence-electron chi connectivity index (χ3n) is 4.54. The smallest absolute Gasteiger partial charge is 0.243 e. The molecule has 0 unspecified atom stereocenters. The number of rotatable bonds is 6. The summed E-state index contributed by atoms with van der Waals surface area (Å²) in [7, 11) is -3.51. The second-order valence-electron chi connectivity index (χ2n) is 6.04. The van der Waals surface area contributed by atoms with Gasteiger partial charge < -0.3 is 5.32 Å². The molecule has 1 aliphatic carbocycles. The van der Waals surface area contributed by atoms with E-state index in [2.05, 4.69) is 5.32 Å². The first-order chi connectivity index (χ1) is 10.9. The summed E-state index contributed by atoms with van der Waals surface area (Å²) in [5.41, 5.74) is 1.46. The van der Waals surface area contributed by atoms with Crippen LogP contribution in [0, 0.1) is 12.8 Å². The SMILES string of the molecule is CCN(CC)S(=O)(=O)c1ccc(C)c(NC(=O)C2CCCC2)c1. The number of sulfonamides is 1. The molecule has 6 heteroatoms. The minimum Gasteiger partial charge on any atom is -0.326 e. The van der Waals surface area contributed by atoms with Crippen LogP contribution in [0.3, 0.4) is 0 Å². The van der Waals surface area contributed by atoms with Gasteiger partial charge in [-0.2, -0.15) is 4.31 Å². The van der Waals surface area contributed by atoms with Gasteiger partial charge in [0.25, 0.3) is 0 Å². The van der Waals surface area contributed by atoms with Gasteiger partial charge in [-0.1, -0.05) is 32.8 Å². The number of amides is 1. The number of nitrogens with zero attached hydrogens (tertiary/aromatic N) is 1. The number of carbonyl (C=O) groups excluding carboxylic acids is 1.